The third-order valence-electron chi connectivity index (χ3n) is 0. The average molecular weight is 199 g/mol. The van der Waals surface area contributed by atoms with Crippen LogP contribution in [0.15, 0.2) is 0 Å². The largest absolute Gasteiger partial charge is 2.00 e. The van der Waals surface area contributed by atoms with E-state index in [2.05, 4.69) is 0 Å². The van der Waals surface area contributed by atoms with Crippen LogP contribution in [0.4, 0.5) is 4.79 Å². The smallest absolute Gasteiger partial charge is 0.726 e. The van der Waals surface area contributed by atoms with Crippen LogP contribution in [0.5, 0.6) is 0 Å². The Kier molecular flexibility index (Phi) is 20.1. The van der Waals surface area contributed by atoms with Gasteiger partial charge in [0.15, 0.2) is 0 Å². The maximum Gasteiger partial charge on any atom is 2.00 e. The predicted octanol–water partition coefficient (Wildman–Crippen LogP) is -3.45. The second kappa shape index (κ2) is 9.87. The molecule has 0 unspecified atom stereocenters. The molecule has 64 valence electrons. The molecule has 0 aliphatic rings. The molecule has 0 saturated heterocycles. The molecule has 0 aromatic heterocycles. The van der Waals surface area contributed by atoms with E-state index in [1.165, 1.54) is 0 Å². The molecule has 0 amide bonds. The van der Waals surface area contributed by atoms with Gasteiger partial charge in [-0.05, 0) is 6.16 Å². The van der Waals surface area contributed by atoms with Crippen molar-refractivity contribution in [2.75, 3.05) is 0 Å². The Hall–Kier alpha value is -0.134. The van der Waals surface area contributed by atoms with Gasteiger partial charge < -0.3 is 25.7 Å². The first-order chi connectivity index (χ1) is 3.73. The fraction of sp³-hybridized carbons (Fsp3) is 0. The Morgan fingerprint density at radius 3 is 1.27 bits per heavy atom. The molecule has 0 atom stereocenters. The zero-order chi connectivity index (χ0) is 8.08. The molecule has 0 saturated carbocycles. The first-order valence-corrected chi connectivity index (χ1v) is 2.66. The maximum absolute atomic E-state index is 8.63. The van der Waals surface area contributed by atoms with E-state index in [0.29, 0.717) is 0 Å². The normalized spacial score (nSPS) is 7.45. The van der Waals surface area contributed by atoms with Crippen molar-refractivity contribution in [3.8, 4) is 0 Å². The van der Waals surface area contributed by atoms with E-state index < -0.39 is 16.6 Å². The summed E-state index contributed by atoms with van der Waals surface area (Å²) in [5.41, 5.74) is 0. The predicted molar refractivity (Wildman–Crippen MR) is 29.5 cm³/mol. The van der Waals surface area contributed by atoms with Gasteiger partial charge in [-0.2, -0.15) is 0 Å². The van der Waals surface area contributed by atoms with E-state index in [0.717, 1.165) is 0 Å². The zero-order valence-corrected chi connectivity index (χ0v) is 7.74. The summed E-state index contributed by atoms with van der Waals surface area (Å²) in [6.07, 6.45) is -2.33. The van der Waals surface area contributed by atoms with Crippen LogP contribution in [0.3, 0.4) is 0 Å². The first kappa shape index (κ1) is 22.4. The second-order valence-corrected chi connectivity index (χ2v) is 1.53. The number of hydrogen-bond acceptors (Lipinski definition) is 6. The van der Waals surface area contributed by atoms with Crippen LogP contribution in [-0.2, 0) is 10.4 Å². The summed E-state index contributed by atoms with van der Waals surface area (Å²) in [7, 11) is -4.92. The van der Waals surface area contributed by atoms with Crippen molar-refractivity contribution in [1.29, 1.82) is 0 Å². The summed E-state index contributed by atoms with van der Waals surface area (Å²) in [6, 6.07) is 0. The Morgan fingerprint density at radius 1 is 1.27 bits per heavy atom. The Labute approximate surface area is 78.5 Å². The third kappa shape index (κ3) is 34100. The Balaban J connectivity index is -0.0000000383. The Morgan fingerprint density at radius 2 is 1.27 bits per heavy atom. The van der Waals surface area contributed by atoms with Gasteiger partial charge in [-0.3, -0.25) is 4.55 Å². The van der Waals surface area contributed by atoms with Crippen molar-refractivity contribution in [1.82, 2.24) is 6.15 Å². The van der Waals surface area contributed by atoms with Gasteiger partial charge >= 0.3 is 23.1 Å². The summed E-state index contributed by atoms with van der Waals surface area (Å²) in [5.74, 6) is 0. The van der Waals surface area contributed by atoms with E-state index in [1.54, 1.807) is 0 Å². The van der Waals surface area contributed by atoms with Crippen LogP contribution in [0.2, 0.25) is 0 Å². The maximum atomic E-state index is 8.63. The van der Waals surface area contributed by atoms with Gasteiger partial charge in [0.2, 0.25) is 10.4 Å². The molecule has 0 rings (SSSR count). The van der Waals surface area contributed by atoms with E-state index in [-0.39, 0.29) is 29.2 Å². The van der Waals surface area contributed by atoms with Crippen molar-refractivity contribution in [3.05, 3.63) is 0 Å². The monoisotopic (exact) mass is 199 g/mol. The molecule has 0 aromatic carbocycles. The van der Waals surface area contributed by atoms with Crippen LogP contribution in [0, 0.1) is 0 Å². The van der Waals surface area contributed by atoms with Gasteiger partial charge in [0.25, 0.3) is 0 Å². The molecule has 0 spiro atoms. The molecule has 5 N–H and O–H groups in total. The topological polar surface area (TPSA) is 177 Å². The van der Waals surface area contributed by atoms with Crippen LogP contribution in [0.25, 0.3) is 0 Å². The second-order valence-electron chi connectivity index (χ2n) is 0.678. The minimum atomic E-state index is -4.92. The van der Waals surface area contributed by atoms with Crippen LogP contribution in [-0.4, -0.2) is 46.7 Å². The molecule has 0 aliphatic carbocycles. The molecule has 10 heteroatoms. The summed E-state index contributed by atoms with van der Waals surface area (Å²) >= 11 is 0. The molecular weight excluding hydrogens is 194 g/mol. The molecule has 0 heterocycles. The van der Waals surface area contributed by atoms with Crippen molar-refractivity contribution < 1.29 is 32.5 Å². The number of carbonyl (C=O) groups excluding carboxylic acids is 1. The summed E-state index contributed by atoms with van der Waals surface area (Å²) in [5, 5.41) is 16.7. The summed E-state index contributed by atoms with van der Waals surface area (Å²) < 4.78 is 32.8. The number of quaternary nitrogens is 1. The van der Waals surface area contributed by atoms with Crippen LogP contribution >= 0.6 is 0 Å². The number of rotatable bonds is 0. The molecule has 0 bridgehead atoms. The molecule has 0 fully saturated rings. The van der Waals surface area contributed by atoms with Crippen molar-refractivity contribution >= 4 is 39.6 Å². The fourth-order valence-corrected chi connectivity index (χ4v) is 0. The van der Waals surface area contributed by atoms with Crippen molar-refractivity contribution in [3.63, 3.8) is 0 Å². The minimum Gasteiger partial charge on any atom is -0.726 e. The molecule has 0 radical (unpaired) electrons. The standard InChI is InChI=1S/CH2O3.Mg.H3N.H2O4S/c2-1(3)4;;;1-5(2,3)4/h(H2,2,3,4);;1H3;(H2,1,2,3,4)/q;+2;;/p-2. The minimum absolute atomic E-state index is 0. The van der Waals surface area contributed by atoms with Crippen LogP contribution in [0.1, 0.15) is 0 Å². The van der Waals surface area contributed by atoms with Crippen LogP contribution < -0.4 is 16.4 Å². The number of hydrogen-bond donors (Lipinski definition) is 2. The van der Waals surface area contributed by atoms with Gasteiger partial charge in [0, 0.05) is 0 Å². The van der Waals surface area contributed by atoms with Gasteiger partial charge in [-0.15, -0.1) is 0 Å². The summed E-state index contributed by atoms with van der Waals surface area (Å²) in [4.78, 5) is 8.33. The van der Waals surface area contributed by atoms with E-state index >= 15 is 0 Å². The zero-order valence-electron chi connectivity index (χ0n) is 5.51. The molecule has 11 heavy (non-hydrogen) atoms. The average Bonchev–Trinajstić information content (AvgIpc) is 1.19. The molecule has 8 nitrogen and oxygen atoms in total. The van der Waals surface area contributed by atoms with Gasteiger partial charge in [0.1, 0.15) is 0 Å². The molecular formula is CH5MgNO7S. The summed E-state index contributed by atoms with van der Waals surface area (Å²) in [6.45, 7) is 0. The van der Waals surface area contributed by atoms with E-state index in [4.69, 9.17) is 32.5 Å². The van der Waals surface area contributed by atoms with Gasteiger partial charge in [-0.1, -0.05) is 0 Å². The van der Waals surface area contributed by atoms with Gasteiger partial charge in [0.05, 0.1) is 0 Å². The molecule has 0 aliphatic heterocycles. The first-order valence-electron chi connectivity index (χ1n) is 1.29. The molecule has 0 aromatic rings. The quantitative estimate of drug-likeness (QED) is 0.231. The SMILES string of the molecule is O=C([O-])[O-].O=S(=O)([O-])O.[Mg+2].[NH4+]. The Bertz CT molecular complexity index is 161. The van der Waals surface area contributed by atoms with Crippen molar-refractivity contribution in [2.24, 2.45) is 0 Å². The fourth-order valence-electron chi connectivity index (χ4n) is 0. The van der Waals surface area contributed by atoms with Crippen molar-refractivity contribution in [2.45, 2.75) is 0 Å². The third-order valence-corrected chi connectivity index (χ3v) is 0. The van der Waals surface area contributed by atoms with E-state index in [9.17, 15) is 0 Å². The van der Waals surface area contributed by atoms with E-state index in [1.807, 2.05) is 0 Å². The van der Waals surface area contributed by atoms with Gasteiger partial charge in [-0.25, -0.2) is 8.42 Å². The number of carbonyl (C=O) groups is 1. The number of carboxylic acid groups (broad SMARTS) is 2.